The van der Waals surface area contributed by atoms with Gasteiger partial charge in [-0.15, -0.1) is 0 Å². The first-order chi connectivity index (χ1) is 14.1. The average molecular weight is 441 g/mol. The van der Waals surface area contributed by atoms with Crippen molar-refractivity contribution < 1.29 is 26.4 Å². The number of benzene rings is 1. The first kappa shape index (κ1) is 22.1. The van der Waals surface area contributed by atoms with E-state index in [2.05, 4.69) is 10.3 Å². The van der Waals surface area contributed by atoms with Crippen LogP contribution in [-0.4, -0.2) is 38.2 Å². The average Bonchev–Trinajstić information content (AvgIpc) is 2.73. The first-order valence-corrected chi connectivity index (χ1v) is 11.2. The predicted octanol–water partition coefficient (Wildman–Crippen LogP) is 3.75. The fraction of sp³-hybridized carbons (Fsp3) is 0.400. The van der Waals surface area contributed by atoms with E-state index in [1.807, 2.05) is 0 Å². The van der Waals surface area contributed by atoms with Crippen molar-refractivity contribution in [3.8, 4) is 0 Å². The normalized spacial score (nSPS) is 17.6. The molecule has 1 amide bonds. The quantitative estimate of drug-likeness (QED) is 0.765. The standard InChI is InChI=1S/C20H22F3N3O3S/c1-2-30(28,29)17-10-4-3-9-16(17)25-19(27)14-7-6-12-26(13-14)18-15(20(21,22)23)8-5-11-24-18/h3-5,8-11,14H,2,6-7,12-13H2,1H3,(H,25,27). The highest BCUT2D eigenvalue weighted by Crippen LogP contribution is 2.36. The van der Waals surface area contributed by atoms with Gasteiger partial charge in [0, 0.05) is 19.3 Å². The van der Waals surface area contributed by atoms with Crippen LogP contribution in [0.15, 0.2) is 47.5 Å². The molecule has 1 fully saturated rings. The van der Waals surface area contributed by atoms with E-state index in [0.29, 0.717) is 19.4 Å². The molecule has 1 atom stereocenters. The van der Waals surface area contributed by atoms with Crippen molar-refractivity contribution in [1.82, 2.24) is 4.98 Å². The van der Waals surface area contributed by atoms with Crippen LogP contribution in [0.3, 0.4) is 0 Å². The van der Waals surface area contributed by atoms with E-state index in [-0.39, 0.29) is 28.7 Å². The van der Waals surface area contributed by atoms with Gasteiger partial charge in [-0.1, -0.05) is 19.1 Å². The third-order valence-electron chi connectivity index (χ3n) is 5.04. The predicted molar refractivity (Wildman–Crippen MR) is 107 cm³/mol. The van der Waals surface area contributed by atoms with E-state index < -0.39 is 33.4 Å². The summed E-state index contributed by atoms with van der Waals surface area (Å²) in [5.74, 6) is -1.34. The molecule has 1 unspecified atom stereocenters. The molecule has 2 aromatic rings. The molecule has 1 aliphatic rings. The lowest BCUT2D eigenvalue weighted by molar-refractivity contribution is -0.137. The van der Waals surface area contributed by atoms with Crippen molar-refractivity contribution in [1.29, 1.82) is 0 Å². The number of carbonyl (C=O) groups is 1. The molecule has 0 bridgehead atoms. The zero-order valence-electron chi connectivity index (χ0n) is 16.3. The Labute approximate surface area is 173 Å². The molecule has 0 spiro atoms. The van der Waals surface area contributed by atoms with Crippen molar-refractivity contribution in [2.45, 2.75) is 30.8 Å². The van der Waals surface area contributed by atoms with E-state index in [1.54, 1.807) is 12.1 Å². The van der Waals surface area contributed by atoms with Crippen LogP contribution < -0.4 is 10.2 Å². The second-order valence-corrected chi connectivity index (χ2v) is 9.29. The molecule has 1 aromatic carbocycles. The van der Waals surface area contributed by atoms with Crippen LogP contribution in [0.4, 0.5) is 24.7 Å². The van der Waals surface area contributed by atoms with Crippen LogP contribution >= 0.6 is 0 Å². The van der Waals surface area contributed by atoms with Gasteiger partial charge in [0.05, 0.1) is 27.8 Å². The van der Waals surface area contributed by atoms with Gasteiger partial charge in [-0.2, -0.15) is 13.2 Å². The second kappa shape index (κ2) is 8.63. The largest absolute Gasteiger partial charge is 0.419 e. The number of halogens is 3. The van der Waals surface area contributed by atoms with Crippen molar-refractivity contribution in [2.24, 2.45) is 5.92 Å². The monoisotopic (exact) mass is 441 g/mol. The van der Waals surface area contributed by atoms with E-state index in [4.69, 9.17) is 0 Å². The molecular weight excluding hydrogens is 419 g/mol. The molecule has 6 nitrogen and oxygen atoms in total. The number of carbonyl (C=O) groups excluding carboxylic acids is 1. The molecule has 1 saturated heterocycles. The minimum Gasteiger partial charge on any atom is -0.355 e. The molecule has 0 radical (unpaired) electrons. The van der Waals surface area contributed by atoms with Crippen LogP contribution in [0.25, 0.3) is 0 Å². The third kappa shape index (κ3) is 4.75. The highest BCUT2D eigenvalue weighted by atomic mass is 32.2. The van der Waals surface area contributed by atoms with Crippen molar-refractivity contribution in [3.63, 3.8) is 0 Å². The van der Waals surface area contributed by atoms with Gasteiger partial charge in [0.1, 0.15) is 5.82 Å². The van der Waals surface area contributed by atoms with E-state index in [9.17, 15) is 26.4 Å². The smallest absolute Gasteiger partial charge is 0.355 e. The summed E-state index contributed by atoms with van der Waals surface area (Å²) in [6, 6.07) is 8.30. The van der Waals surface area contributed by atoms with E-state index >= 15 is 0 Å². The van der Waals surface area contributed by atoms with Gasteiger partial charge in [0.25, 0.3) is 0 Å². The minimum atomic E-state index is -4.55. The Kier molecular flexibility index (Phi) is 6.35. The van der Waals surface area contributed by atoms with Gasteiger partial charge < -0.3 is 10.2 Å². The first-order valence-electron chi connectivity index (χ1n) is 9.53. The number of amides is 1. The zero-order chi connectivity index (χ0) is 21.9. The number of para-hydroxylation sites is 1. The molecule has 0 saturated carbocycles. The molecule has 1 N–H and O–H groups in total. The van der Waals surface area contributed by atoms with Gasteiger partial charge in [-0.05, 0) is 37.1 Å². The van der Waals surface area contributed by atoms with Gasteiger partial charge >= 0.3 is 6.18 Å². The van der Waals surface area contributed by atoms with E-state index in [0.717, 1.165) is 6.07 Å². The maximum atomic E-state index is 13.3. The summed E-state index contributed by atoms with van der Waals surface area (Å²) in [5.41, 5.74) is -0.666. The number of hydrogen-bond donors (Lipinski definition) is 1. The van der Waals surface area contributed by atoms with Crippen molar-refractivity contribution in [2.75, 3.05) is 29.1 Å². The van der Waals surface area contributed by atoms with E-state index in [1.165, 1.54) is 36.2 Å². The molecule has 2 heterocycles. The summed E-state index contributed by atoms with van der Waals surface area (Å²) in [5, 5.41) is 2.65. The number of pyridine rings is 1. The number of rotatable bonds is 5. The number of anilines is 2. The number of nitrogens with zero attached hydrogens (tertiary/aromatic N) is 2. The highest BCUT2D eigenvalue weighted by molar-refractivity contribution is 7.91. The van der Waals surface area contributed by atoms with Gasteiger partial charge in [0.2, 0.25) is 5.91 Å². The third-order valence-corrected chi connectivity index (χ3v) is 6.83. The van der Waals surface area contributed by atoms with Gasteiger partial charge in [0.15, 0.2) is 9.84 Å². The minimum absolute atomic E-state index is 0.0256. The number of piperidine rings is 1. The van der Waals surface area contributed by atoms with Gasteiger partial charge in [-0.3, -0.25) is 4.79 Å². The van der Waals surface area contributed by atoms with Crippen LogP contribution in [-0.2, 0) is 20.8 Å². The number of alkyl halides is 3. The second-order valence-electron chi connectivity index (χ2n) is 7.05. The van der Waals surface area contributed by atoms with Crippen LogP contribution in [0.2, 0.25) is 0 Å². The Morgan fingerprint density at radius 3 is 2.67 bits per heavy atom. The summed E-state index contributed by atoms with van der Waals surface area (Å²) in [4.78, 5) is 18.2. The molecular formula is C20H22F3N3O3S. The molecule has 162 valence electrons. The Morgan fingerprint density at radius 2 is 1.97 bits per heavy atom. The molecule has 0 aliphatic carbocycles. The SMILES string of the molecule is CCS(=O)(=O)c1ccccc1NC(=O)C1CCCN(c2ncccc2C(F)(F)F)C1. The number of aromatic nitrogens is 1. The van der Waals surface area contributed by atoms with Crippen LogP contribution in [0, 0.1) is 5.92 Å². The summed E-state index contributed by atoms with van der Waals surface area (Å²) in [6.07, 6.45) is -2.26. The lowest BCUT2D eigenvalue weighted by atomic mass is 9.96. The maximum Gasteiger partial charge on any atom is 0.419 e. The molecule has 30 heavy (non-hydrogen) atoms. The Balaban J connectivity index is 1.81. The summed E-state index contributed by atoms with van der Waals surface area (Å²) in [7, 11) is -3.54. The summed E-state index contributed by atoms with van der Waals surface area (Å²) >= 11 is 0. The fourth-order valence-corrected chi connectivity index (χ4v) is 4.54. The molecule has 3 rings (SSSR count). The Morgan fingerprint density at radius 1 is 1.23 bits per heavy atom. The zero-order valence-corrected chi connectivity index (χ0v) is 17.1. The molecule has 1 aliphatic heterocycles. The Bertz CT molecular complexity index is 1030. The fourth-order valence-electron chi connectivity index (χ4n) is 3.49. The van der Waals surface area contributed by atoms with Crippen LogP contribution in [0.5, 0.6) is 0 Å². The topological polar surface area (TPSA) is 79.4 Å². The lowest BCUT2D eigenvalue weighted by Gasteiger charge is -2.34. The van der Waals surface area contributed by atoms with Crippen molar-refractivity contribution in [3.05, 3.63) is 48.2 Å². The van der Waals surface area contributed by atoms with Gasteiger partial charge in [-0.25, -0.2) is 13.4 Å². The summed E-state index contributed by atoms with van der Waals surface area (Å²) < 4.78 is 64.5. The highest BCUT2D eigenvalue weighted by Gasteiger charge is 2.37. The summed E-state index contributed by atoms with van der Waals surface area (Å²) in [6.45, 7) is 1.93. The Hall–Kier alpha value is -2.62. The lowest BCUT2D eigenvalue weighted by Crippen LogP contribution is -2.42. The number of nitrogens with one attached hydrogen (secondary N) is 1. The van der Waals surface area contributed by atoms with Crippen molar-refractivity contribution >= 4 is 27.2 Å². The number of sulfone groups is 1. The van der Waals surface area contributed by atoms with Crippen LogP contribution in [0.1, 0.15) is 25.3 Å². The maximum absolute atomic E-state index is 13.3. The number of hydrogen-bond acceptors (Lipinski definition) is 5. The molecule has 1 aromatic heterocycles. The molecule has 10 heteroatoms.